The molecule has 0 atom stereocenters. The highest BCUT2D eigenvalue weighted by Crippen LogP contribution is 2.37. The highest BCUT2D eigenvalue weighted by Gasteiger charge is 2.15. The fraction of sp³-hybridized carbons (Fsp3) is 0. The summed E-state index contributed by atoms with van der Waals surface area (Å²) >= 11 is 0. The topological polar surface area (TPSA) is 30.7 Å². The molecule has 3 heteroatoms. The number of para-hydroxylation sites is 2. The average molecular weight is 702 g/mol. The van der Waals surface area contributed by atoms with Crippen LogP contribution < -0.4 is 0 Å². The summed E-state index contributed by atoms with van der Waals surface area (Å²) in [6.45, 7) is 0. The minimum absolute atomic E-state index is 0.707. The first-order valence-corrected chi connectivity index (χ1v) is 18.7. The van der Waals surface area contributed by atoms with Crippen LogP contribution in [0.15, 0.2) is 212 Å². The number of hydrogen-bond acceptors (Lipinski definition) is 2. The van der Waals surface area contributed by atoms with E-state index in [2.05, 4.69) is 193 Å². The van der Waals surface area contributed by atoms with Gasteiger partial charge in [0.2, 0.25) is 0 Å². The molecule has 0 amide bonds. The van der Waals surface area contributed by atoms with E-state index in [1.165, 1.54) is 32.9 Å². The molecule has 55 heavy (non-hydrogen) atoms. The Kier molecular flexibility index (Phi) is 8.16. The summed E-state index contributed by atoms with van der Waals surface area (Å²) < 4.78 is 2.38. The van der Waals surface area contributed by atoms with Gasteiger partial charge in [-0.1, -0.05) is 158 Å². The lowest BCUT2D eigenvalue weighted by molar-refractivity contribution is 1.18. The molecule has 0 fully saturated rings. The van der Waals surface area contributed by atoms with Gasteiger partial charge in [-0.2, -0.15) is 0 Å². The fourth-order valence-electron chi connectivity index (χ4n) is 7.71. The van der Waals surface area contributed by atoms with Gasteiger partial charge in [0.25, 0.3) is 0 Å². The maximum atomic E-state index is 5.13. The van der Waals surface area contributed by atoms with E-state index in [0.29, 0.717) is 5.82 Å². The second-order valence-electron chi connectivity index (χ2n) is 13.9. The quantitative estimate of drug-likeness (QED) is 0.166. The van der Waals surface area contributed by atoms with Crippen LogP contribution in [0.3, 0.4) is 0 Å². The summed E-state index contributed by atoms with van der Waals surface area (Å²) in [4.78, 5) is 10.1. The lowest BCUT2D eigenvalue weighted by Crippen LogP contribution is -1.96. The zero-order valence-corrected chi connectivity index (χ0v) is 30.0. The summed E-state index contributed by atoms with van der Waals surface area (Å²) in [5.41, 5.74) is 15.3. The molecule has 0 saturated carbocycles. The second-order valence-corrected chi connectivity index (χ2v) is 13.9. The molecule has 0 saturated heterocycles. The van der Waals surface area contributed by atoms with E-state index in [-0.39, 0.29) is 0 Å². The summed E-state index contributed by atoms with van der Waals surface area (Å²) in [6, 6.07) is 75.3. The van der Waals surface area contributed by atoms with Crippen LogP contribution in [0.1, 0.15) is 0 Å². The van der Waals surface area contributed by atoms with Gasteiger partial charge >= 0.3 is 0 Å². The highest BCUT2D eigenvalue weighted by atomic mass is 15.0. The predicted molar refractivity (Wildman–Crippen MR) is 229 cm³/mol. The number of rotatable bonds is 7. The van der Waals surface area contributed by atoms with Gasteiger partial charge in [-0.3, -0.25) is 0 Å². The molecule has 0 radical (unpaired) electrons. The van der Waals surface area contributed by atoms with Crippen molar-refractivity contribution in [3.8, 4) is 73.0 Å². The molecule has 10 aromatic rings. The Morgan fingerprint density at radius 2 is 0.691 bits per heavy atom. The minimum Gasteiger partial charge on any atom is -0.309 e. The Morgan fingerprint density at radius 3 is 1.31 bits per heavy atom. The van der Waals surface area contributed by atoms with E-state index in [9.17, 15) is 0 Å². The molecule has 2 heterocycles. The Labute approximate surface area is 320 Å². The van der Waals surface area contributed by atoms with Crippen molar-refractivity contribution in [1.29, 1.82) is 0 Å². The summed E-state index contributed by atoms with van der Waals surface area (Å²) in [7, 11) is 0. The molecule has 0 N–H and O–H groups in total. The number of aromatic nitrogens is 3. The Morgan fingerprint density at radius 1 is 0.273 bits per heavy atom. The van der Waals surface area contributed by atoms with E-state index in [4.69, 9.17) is 9.97 Å². The van der Waals surface area contributed by atoms with Crippen molar-refractivity contribution in [2.24, 2.45) is 0 Å². The molecule has 8 aromatic carbocycles. The van der Waals surface area contributed by atoms with Crippen LogP contribution in [0, 0.1) is 0 Å². The van der Waals surface area contributed by atoms with Gasteiger partial charge in [0.15, 0.2) is 5.82 Å². The molecule has 0 spiro atoms. The van der Waals surface area contributed by atoms with Crippen molar-refractivity contribution in [2.45, 2.75) is 0 Å². The van der Waals surface area contributed by atoms with Crippen molar-refractivity contribution < 1.29 is 0 Å². The van der Waals surface area contributed by atoms with E-state index in [0.717, 1.165) is 56.0 Å². The molecular formula is C52H35N3. The van der Waals surface area contributed by atoms with Crippen LogP contribution in [-0.4, -0.2) is 14.5 Å². The van der Waals surface area contributed by atoms with Crippen molar-refractivity contribution in [3.63, 3.8) is 0 Å². The average Bonchev–Trinajstić information content (AvgIpc) is 3.61. The molecule has 2 aromatic heterocycles. The van der Waals surface area contributed by atoms with Gasteiger partial charge < -0.3 is 4.57 Å². The highest BCUT2D eigenvalue weighted by molar-refractivity contribution is 6.09. The maximum absolute atomic E-state index is 5.13. The van der Waals surface area contributed by atoms with E-state index >= 15 is 0 Å². The molecule has 0 aliphatic heterocycles. The Bertz CT molecular complexity index is 2850. The molecule has 0 aliphatic rings. The van der Waals surface area contributed by atoms with Crippen molar-refractivity contribution in [3.05, 3.63) is 212 Å². The predicted octanol–water partition coefficient (Wildman–Crippen LogP) is 13.6. The Balaban J connectivity index is 1.11. The van der Waals surface area contributed by atoms with Crippen LogP contribution in [0.2, 0.25) is 0 Å². The number of benzene rings is 8. The molecule has 3 nitrogen and oxygen atoms in total. The second kappa shape index (κ2) is 13.9. The summed E-state index contributed by atoms with van der Waals surface area (Å²) in [6.07, 6.45) is 0. The van der Waals surface area contributed by atoms with Crippen LogP contribution >= 0.6 is 0 Å². The van der Waals surface area contributed by atoms with E-state index in [1.807, 2.05) is 24.3 Å². The van der Waals surface area contributed by atoms with Crippen LogP contribution in [-0.2, 0) is 0 Å². The first-order chi connectivity index (χ1) is 27.2. The SMILES string of the molecule is c1ccc(-c2cc(-c3cccc(-c4cc(-c5ccccc5)nc(-c5ccccc5)n4)c3)cc(-c3cccc(-n4c5ccccc5c5ccccc54)c3)c2)cc1. The first-order valence-electron chi connectivity index (χ1n) is 18.7. The van der Waals surface area contributed by atoms with Gasteiger partial charge in [-0.15, -0.1) is 0 Å². The zero-order valence-electron chi connectivity index (χ0n) is 30.0. The standard InChI is InChI=1S/C52H35N3/c1-4-16-36(17-5-1)42-31-43(33-44(32-42)40-23-15-25-45(34-40)55-50-28-12-10-26-46(50)47-27-11-13-29-51(47)55)39-22-14-24-41(30-39)49-35-48(37-18-6-2-7-19-37)53-52(54-49)38-20-8-3-9-21-38/h1-35H. The van der Waals surface area contributed by atoms with Crippen LogP contribution in [0.5, 0.6) is 0 Å². The van der Waals surface area contributed by atoms with Crippen LogP contribution in [0.25, 0.3) is 94.8 Å². The van der Waals surface area contributed by atoms with Crippen molar-refractivity contribution in [2.75, 3.05) is 0 Å². The summed E-state index contributed by atoms with van der Waals surface area (Å²) in [5, 5.41) is 2.51. The molecule has 0 unspecified atom stereocenters. The van der Waals surface area contributed by atoms with Gasteiger partial charge in [0.1, 0.15) is 0 Å². The van der Waals surface area contributed by atoms with Crippen molar-refractivity contribution in [1.82, 2.24) is 14.5 Å². The van der Waals surface area contributed by atoms with Crippen LogP contribution in [0.4, 0.5) is 0 Å². The third-order valence-corrected chi connectivity index (χ3v) is 10.4. The third kappa shape index (κ3) is 6.18. The smallest absolute Gasteiger partial charge is 0.160 e. The van der Waals surface area contributed by atoms with E-state index < -0.39 is 0 Å². The lowest BCUT2D eigenvalue weighted by atomic mass is 9.92. The van der Waals surface area contributed by atoms with Gasteiger partial charge in [-0.25, -0.2) is 9.97 Å². The monoisotopic (exact) mass is 701 g/mol. The number of hydrogen-bond donors (Lipinski definition) is 0. The Hall–Kier alpha value is -7.36. The number of nitrogens with zero attached hydrogens (tertiary/aromatic N) is 3. The molecule has 10 rings (SSSR count). The first kappa shape index (κ1) is 32.3. The number of fused-ring (bicyclic) bond motifs is 3. The minimum atomic E-state index is 0.707. The summed E-state index contributed by atoms with van der Waals surface area (Å²) in [5.74, 6) is 0.707. The lowest BCUT2D eigenvalue weighted by Gasteiger charge is -2.14. The zero-order chi connectivity index (χ0) is 36.6. The van der Waals surface area contributed by atoms with Gasteiger partial charge in [-0.05, 0) is 88.0 Å². The normalized spacial score (nSPS) is 11.3. The largest absolute Gasteiger partial charge is 0.309 e. The van der Waals surface area contributed by atoms with Crippen molar-refractivity contribution >= 4 is 21.8 Å². The maximum Gasteiger partial charge on any atom is 0.160 e. The fourth-order valence-corrected chi connectivity index (χ4v) is 7.71. The third-order valence-electron chi connectivity index (χ3n) is 10.4. The van der Waals surface area contributed by atoms with E-state index in [1.54, 1.807) is 0 Å². The molecular weight excluding hydrogens is 667 g/mol. The molecule has 0 bridgehead atoms. The molecule has 0 aliphatic carbocycles. The van der Waals surface area contributed by atoms with Gasteiger partial charge in [0, 0.05) is 33.2 Å². The molecule has 258 valence electrons. The van der Waals surface area contributed by atoms with Gasteiger partial charge in [0.05, 0.1) is 22.4 Å².